The van der Waals surface area contributed by atoms with Gasteiger partial charge in [0, 0.05) is 12.0 Å². The normalized spacial score (nSPS) is 15.7. The SMILES string of the molecule is COc1cc2c(c(OC)c1OC)C(c1ccccc1)C=CO2. The van der Waals surface area contributed by atoms with Crippen LogP contribution in [0.3, 0.4) is 0 Å². The summed E-state index contributed by atoms with van der Waals surface area (Å²) >= 11 is 0. The van der Waals surface area contributed by atoms with Gasteiger partial charge in [-0.25, -0.2) is 0 Å². The fraction of sp³-hybridized carbons (Fsp3) is 0.222. The molecule has 1 aliphatic heterocycles. The highest BCUT2D eigenvalue weighted by atomic mass is 16.5. The third kappa shape index (κ3) is 2.26. The number of rotatable bonds is 4. The molecule has 0 saturated carbocycles. The molecule has 0 fully saturated rings. The Bertz CT molecular complexity index is 692. The number of hydrogen-bond donors (Lipinski definition) is 0. The average molecular weight is 298 g/mol. The molecule has 114 valence electrons. The van der Waals surface area contributed by atoms with Crippen LogP contribution in [0.15, 0.2) is 48.7 Å². The Hall–Kier alpha value is -2.62. The Kier molecular flexibility index (Phi) is 3.92. The Labute approximate surface area is 129 Å². The van der Waals surface area contributed by atoms with Crippen molar-refractivity contribution < 1.29 is 18.9 Å². The monoisotopic (exact) mass is 298 g/mol. The summed E-state index contributed by atoms with van der Waals surface area (Å²) in [6.07, 6.45) is 3.71. The van der Waals surface area contributed by atoms with Crippen LogP contribution in [-0.2, 0) is 0 Å². The van der Waals surface area contributed by atoms with Crippen LogP contribution in [0.4, 0.5) is 0 Å². The van der Waals surface area contributed by atoms with Gasteiger partial charge in [-0.1, -0.05) is 30.3 Å². The van der Waals surface area contributed by atoms with Crippen molar-refractivity contribution in [1.29, 1.82) is 0 Å². The lowest BCUT2D eigenvalue weighted by atomic mass is 9.88. The standard InChI is InChI=1S/C18H18O4/c1-19-15-11-14-16(18(21-3)17(15)20-2)13(9-10-22-14)12-7-5-4-6-8-12/h4-11,13H,1-3H3. The molecular formula is C18H18O4. The van der Waals surface area contributed by atoms with E-state index in [1.807, 2.05) is 30.3 Å². The largest absolute Gasteiger partial charge is 0.493 e. The van der Waals surface area contributed by atoms with Crippen molar-refractivity contribution in [2.45, 2.75) is 5.92 Å². The van der Waals surface area contributed by atoms with E-state index in [-0.39, 0.29) is 5.92 Å². The number of methoxy groups -OCH3 is 3. The topological polar surface area (TPSA) is 36.9 Å². The van der Waals surface area contributed by atoms with Crippen molar-refractivity contribution in [2.24, 2.45) is 0 Å². The highest BCUT2D eigenvalue weighted by Gasteiger charge is 2.29. The van der Waals surface area contributed by atoms with E-state index in [9.17, 15) is 0 Å². The Morgan fingerprint density at radius 3 is 2.27 bits per heavy atom. The van der Waals surface area contributed by atoms with Crippen LogP contribution < -0.4 is 18.9 Å². The molecule has 0 bridgehead atoms. The van der Waals surface area contributed by atoms with Crippen molar-refractivity contribution in [1.82, 2.24) is 0 Å². The van der Waals surface area contributed by atoms with E-state index < -0.39 is 0 Å². The summed E-state index contributed by atoms with van der Waals surface area (Å²) in [5.74, 6) is 2.55. The van der Waals surface area contributed by atoms with Crippen LogP contribution >= 0.6 is 0 Å². The summed E-state index contributed by atoms with van der Waals surface area (Å²) in [6, 6.07) is 12.0. The van der Waals surface area contributed by atoms with Crippen LogP contribution in [0.5, 0.6) is 23.0 Å². The van der Waals surface area contributed by atoms with Crippen LogP contribution in [0.25, 0.3) is 0 Å². The van der Waals surface area contributed by atoms with E-state index in [0.717, 1.165) is 11.1 Å². The minimum absolute atomic E-state index is 0.0414. The lowest BCUT2D eigenvalue weighted by Gasteiger charge is -2.25. The van der Waals surface area contributed by atoms with Crippen LogP contribution in [0.2, 0.25) is 0 Å². The maximum Gasteiger partial charge on any atom is 0.203 e. The quantitative estimate of drug-likeness (QED) is 0.861. The van der Waals surface area contributed by atoms with Gasteiger partial charge in [0.25, 0.3) is 0 Å². The molecule has 1 heterocycles. The smallest absolute Gasteiger partial charge is 0.203 e. The molecule has 0 N–H and O–H groups in total. The summed E-state index contributed by atoms with van der Waals surface area (Å²) in [5, 5.41) is 0. The third-order valence-electron chi connectivity index (χ3n) is 3.77. The van der Waals surface area contributed by atoms with E-state index in [0.29, 0.717) is 23.0 Å². The molecule has 2 aromatic carbocycles. The maximum absolute atomic E-state index is 5.66. The van der Waals surface area contributed by atoms with Gasteiger partial charge in [0.1, 0.15) is 5.75 Å². The van der Waals surface area contributed by atoms with Crippen LogP contribution in [0.1, 0.15) is 17.0 Å². The predicted octanol–water partition coefficient (Wildman–Crippen LogP) is 3.75. The lowest BCUT2D eigenvalue weighted by molar-refractivity contribution is 0.316. The average Bonchev–Trinajstić information content (AvgIpc) is 2.60. The fourth-order valence-electron chi connectivity index (χ4n) is 2.77. The number of hydrogen-bond acceptors (Lipinski definition) is 4. The van der Waals surface area contributed by atoms with E-state index >= 15 is 0 Å². The van der Waals surface area contributed by atoms with Gasteiger partial charge in [-0.05, 0) is 11.6 Å². The summed E-state index contributed by atoms with van der Waals surface area (Å²) in [5.41, 5.74) is 2.10. The molecule has 1 atom stereocenters. The summed E-state index contributed by atoms with van der Waals surface area (Å²) in [6.45, 7) is 0. The van der Waals surface area contributed by atoms with Crippen molar-refractivity contribution in [2.75, 3.05) is 21.3 Å². The highest BCUT2D eigenvalue weighted by molar-refractivity contribution is 5.66. The van der Waals surface area contributed by atoms with Crippen LogP contribution in [0, 0.1) is 0 Å². The first-order chi connectivity index (χ1) is 10.8. The molecular weight excluding hydrogens is 280 g/mol. The van der Waals surface area contributed by atoms with Gasteiger partial charge in [0.2, 0.25) is 5.75 Å². The molecule has 3 rings (SSSR count). The molecule has 22 heavy (non-hydrogen) atoms. The molecule has 0 aromatic heterocycles. The zero-order valence-electron chi connectivity index (χ0n) is 12.8. The van der Waals surface area contributed by atoms with Gasteiger partial charge < -0.3 is 18.9 Å². The fourth-order valence-corrected chi connectivity index (χ4v) is 2.77. The number of ether oxygens (including phenoxy) is 4. The number of fused-ring (bicyclic) bond motifs is 1. The molecule has 0 radical (unpaired) electrons. The molecule has 0 amide bonds. The van der Waals surface area contributed by atoms with Gasteiger partial charge in [0.05, 0.1) is 33.2 Å². The zero-order valence-corrected chi connectivity index (χ0v) is 12.8. The predicted molar refractivity (Wildman–Crippen MR) is 84.2 cm³/mol. The van der Waals surface area contributed by atoms with Gasteiger partial charge in [-0.15, -0.1) is 0 Å². The Balaban J connectivity index is 2.22. The Morgan fingerprint density at radius 1 is 0.909 bits per heavy atom. The molecule has 4 heteroatoms. The molecule has 4 nitrogen and oxygen atoms in total. The van der Waals surface area contributed by atoms with Gasteiger partial charge in [-0.3, -0.25) is 0 Å². The van der Waals surface area contributed by atoms with Crippen molar-refractivity contribution in [3.05, 3.63) is 59.9 Å². The van der Waals surface area contributed by atoms with Crippen molar-refractivity contribution >= 4 is 0 Å². The van der Waals surface area contributed by atoms with E-state index in [2.05, 4.69) is 12.1 Å². The minimum atomic E-state index is 0.0414. The van der Waals surface area contributed by atoms with Crippen molar-refractivity contribution in [3.8, 4) is 23.0 Å². The van der Waals surface area contributed by atoms with Gasteiger partial charge in [0.15, 0.2) is 11.5 Å². The molecule has 0 aliphatic carbocycles. The zero-order chi connectivity index (χ0) is 15.5. The molecule has 1 unspecified atom stereocenters. The second kappa shape index (κ2) is 6.02. The minimum Gasteiger partial charge on any atom is -0.493 e. The molecule has 0 spiro atoms. The Morgan fingerprint density at radius 2 is 1.64 bits per heavy atom. The van der Waals surface area contributed by atoms with Gasteiger partial charge >= 0.3 is 0 Å². The van der Waals surface area contributed by atoms with Gasteiger partial charge in [-0.2, -0.15) is 0 Å². The highest BCUT2D eigenvalue weighted by Crippen LogP contribution is 2.51. The first-order valence-electron chi connectivity index (χ1n) is 7.01. The second-order valence-corrected chi connectivity index (χ2v) is 4.89. The molecule has 0 saturated heterocycles. The first-order valence-corrected chi connectivity index (χ1v) is 7.01. The lowest BCUT2D eigenvalue weighted by Crippen LogP contribution is -2.09. The number of benzene rings is 2. The van der Waals surface area contributed by atoms with Crippen LogP contribution in [-0.4, -0.2) is 21.3 Å². The molecule has 2 aromatic rings. The maximum atomic E-state index is 5.66. The summed E-state index contributed by atoms with van der Waals surface area (Å²) in [7, 11) is 4.82. The summed E-state index contributed by atoms with van der Waals surface area (Å²) < 4.78 is 22.1. The number of allylic oxidation sites excluding steroid dienone is 1. The van der Waals surface area contributed by atoms with E-state index in [1.165, 1.54) is 0 Å². The second-order valence-electron chi connectivity index (χ2n) is 4.89. The van der Waals surface area contributed by atoms with Crippen molar-refractivity contribution in [3.63, 3.8) is 0 Å². The first kappa shape index (κ1) is 14.3. The third-order valence-corrected chi connectivity index (χ3v) is 3.77. The molecule has 1 aliphatic rings. The van der Waals surface area contributed by atoms with E-state index in [1.54, 1.807) is 27.6 Å². The van der Waals surface area contributed by atoms with E-state index in [4.69, 9.17) is 18.9 Å². The summed E-state index contributed by atoms with van der Waals surface area (Å²) in [4.78, 5) is 0.